The molecule has 24 heavy (non-hydrogen) atoms. The van der Waals surface area contributed by atoms with Gasteiger partial charge in [0.15, 0.2) is 5.82 Å². The molecule has 0 amide bonds. The van der Waals surface area contributed by atoms with Crippen molar-refractivity contribution in [1.29, 1.82) is 0 Å². The molecule has 0 bridgehead atoms. The van der Waals surface area contributed by atoms with E-state index < -0.39 is 0 Å². The molecule has 1 aromatic carbocycles. The lowest BCUT2D eigenvalue weighted by Crippen LogP contribution is -2.46. The lowest BCUT2D eigenvalue weighted by Gasteiger charge is -2.38. The quantitative estimate of drug-likeness (QED) is 0.890. The summed E-state index contributed by atoms with van der Waals surface area (Å²) < 4.78 is 5.80. The van der Waals surface area contributed by atoms with Crippen molar-refractivity contribution < 1.29 is 4.74 Å². The normalized spacial score (nSPS) is 23.0. The van der Waals surface area contributed by atoms with E-state index in [-0.39, 0.29) is 24.2 Å². The Labute approximate surface area is 142 Å². The van der Waals surface area contributed by atoms with Gasteiger partial charge in [-0.2, -0.15) is 15.0 Å². The van der Waals surface area contributed by atoms with Crippen LogP contribution in [0.1, 0.15) is 32.6 Å². The molecule has 3 atom stereocenters. The number of nitrogens with two attached hydrogens (primary N) is 1. The first-order valence-electron chi connectivity index (χ1n) is 8.24. The number of nitrogens with one attached hydrogen (secondary N) is 1. The van der Waals surface area contributed by atoms with Crippen molar-refractivity contribution in [2.75, 3.05) is 24.1 Å². The topological polar surface area (TPSA) is 89.2 Å². The fourth-order valence-electron chi connectivity index (χ4n) is 3.00. The number of hydrogen-bond donors (Lipinski definition) is 2. The summed E-state index contributed by atoms with van der Waals surface area (Å²) in [6, 6.07) is 9.81. The van der Waals surface area contributed by atoms with Gasteiger partial charge in [-0.15, -0.1) is 0 Å². The molecule has 7 nitrogen and oxygen atoms in total. The highest BCUT2D eigenvalue weighted by Crippen LogP contribution is 2.23. The van der Waals surface area contributed by atoms with Gasteiger partial charge >= 0.3 is 0 Å². The maximum atomic E-state index is 5.89. The Morgan fingerprint density at radius 2 is 1.79 bits per heavy atom. The summed E-state index contributed by atoms with van der Waals surface area (Å²) in [6.45, 7) is 7.95. The largest absolute Gasteiger partial charge is 0.373 e. The van der Waals surface area contributed by atoms with Gasteiger partial charge < -0.3 is 15.8 Å². The van der Waals surface area contributed by atoms with Crippen molar-refractivity contribution in [3.05, 3.63) is 36.2 Å². The minimum Gasteiger partial charge on any atom is -0.373 e. The second-order valence-corrected chi connectivity index (χ2v) is 6.25. The van der Waals surface area contributed by atoms with Crippen molar-refractivity contribution >= 4 is 17.6 Å². The highest BCUT2D eigenvalue weighted by atomic mass is 16.5. The van der Waals surface area contributed by atoms with Gasteiger partial charge in [0, 0.05) is 18.8 Å². The third-order valence-corrected chi connectivity index (χ3v) is 4.07. The van der Waals surface area contributed by atoms with Gasteiger partial charge in [0.05, 0.1) is 18.2 Å². The minimum atomic E-state index is 0.0421. The van der Waals surface area contributed by atoms with Crippen LogP contribution in [0.15, 0.2) is 30.3 Å². The maximum Gasteiger partial charge on any atom is 0.232 e. The summed E-state index contributed by atoms with van der Waals surface area (Å²) >= 11 is 0. The second-order valence-electron chi connectivity index (χ2n) is 6.25. The number of aromatic nitrogens is 3. The highest BCUT2D eigenvalue weighted by Gasteiger charge is 2.28. The predicted octanol–water partition coefficient (Wildman–Crippen LogP) is 2.37. The fraction of sp³-hybridized carbons (Fsp3) is 0.471. The van der Waals surface area contributed by atoms with Crippen molar-refractivity contribution in [2.24, 2.45) is 0 Å². The van der Waals surface area contributed by atoms with Crippen molar-refractivity contribution in [3.8, 4) is 0 Å². The first kappa shape index (κ1) is 16.6. The van der Waals surface area contributed by atoms with Crippen LogP contribution in [0.4, 0.5) is 17.6 Å². The van der Waals surface area contributed by atoms with Gasteiger partial charge in [0.2, 0.25) is 11.9 Å². The van der Waals surface area contributed by atoms with E-state index in [9.17, 15) is 0 Å². The van der Waals surface area contributed by atoms with Gasteiger partial charge in [-0.25, -0.2) is 0 Å². The lowest BCUT2D eigenvalue weighted by molar-refractivity contribution is -0.0797. The Morgan fingerprint density at radius 1 is 1.12 bits per heavy atom. The molecule has 128 valence electrons. The Kier molecular flexibility index (Phi) is 4.92. The molecule has 2 aromatic rings. The number of benzene rings is 1. The number of nitrogens with zero attached hydrogens (tertiary/aromatic N) is 4. The molecule has 1 aliphatic rings. The first-order valence-corrected chi connectivity index (χ1v) is 8.24. The molecule has 3 unspecified atom stereocenters. The van der Waals surface area contributed by atoms with Gasteiger partial charge in [0.25, 0.3) is 0 Å². The van der Waals surface area contributed by atoms with E-state index >= 15 is 0 Å². The number of para-hydroxylation sites is 1. The first-order chi connectivity index (χ1) is 11.5. The molecule has 3 rings (SSSR count). The Balaban J connectivity index is 1.80. The average Bonchev–Trinajstić information content (AvgIpc) is 2.53. The predicted molar refractivity (Wildman–Crippen MR) is 94.0 cm³/mol. The van der Waals surface area contributed by atoms with Crippen LogP contribution in [0.25, 0.3) is 0 Å². The van der Waals surface area contributed by atoms with Crippen molar-refractivity contribution in [1.82, 2.24) is 19.9 Å². The summed E-state index contributed by atoms with van der Waals surface area (Å²) in [4.78, 5) is 15.4. The van der Waals surface area contributed by atoms with Crippen molar-refractivity contribution in [3.63, 3.8) is 0 Å². The summed E-state index contributed by atoms with van der Waals surface area (Å²) in [5.74, 6) is 1.35. The van der Waals surface area contributed by atoms with Crippen LogP contribution in [-0.2, 0) is 4.74 Å². The number of anilines is 3. The van der Waals surface area contributed by atoms with Crippen LogP contribution in [0.3, 0.4) is 0 Å². The van der Waals surface area contributed by atoms with Gasteiger partial charge in [-0.05, 0) is 32.9 Å². The van der Waals surface area contributed by atoms with Crippen LogP contribution in [0.2, 0.25) is 0 Å². The summed E-state index contributed by atoms with van der Waals surface area (Å²) in [5, 5.41) is 3.18. The van der Waals surface area contributed by atoms with E-state index in [1.54, 1.807) is 0 Å². The molecule has 0 spiro atoms. The molecule has 0 saturated carbocycles. The molecule has 1 aliphatic heterocycles. The van der Waals surface area contributed by atoms with Crippen molar-refractivity contribution in [2.45, 2.75) is 39.0 Å². The van der Waals surface area contributed by atoms with Crippen LogP contribution in [0, 0.1) is 0 Å². The average molecular weight is 328 g/mol. The number of morpholine rings is 1. The summed E-state index contributed by atoms with van der Waals surface area (Å²) in [5.41, 5.74) is 6.80. The Bertz CT molecular complexity index is 670. The van der Waals surface area contributed by atoms with Crippen LogP contribution in [0.5, 0.6) is 0 Å². The smallest absolute Gasteiger partial charge is 0.232 e. The lowest BCUT2D eigenvalue weighted by atomic mass is 10.1. The van der Waals surface area contributed by atoms with Crippen LogP contribution in [-0.4, -0.2) is 45.1 Å². The van der Waals surface area contributed by atoms with E-state index in [4.69, 9.17) is 10.5 Å². The van der Waals surface area contributed by atoms with Gasteiger partial charge in [0.1, 0.15) is 0 Å². The van der Waals surface area contributed by atoms with E-state index in [0.29, 0.717) is 11.8 Å². The van der Waals surface area contributed by atoms with Crippen LogP contribution < -0.4 is 11.1 Å². The Morgan fingerprint density at radius 3 is 2.46 bits per heavy atom. The number of ether oxygens (including phenoxy) is 1. The SMILES string of the molecule is CC1CN(C(C)c2nc(N)nc(Nc3ccccc3)n2)CC(C)O1. The molecular weight excluding hydrogens is 304 g/mol. The molecular formula is C17H24N6O. The zero-order valence-corrected chi connectivity index (χ0v) is 14.3. The molecule has 1 saturated heterocycles. The maximum absolute atomic E-state index is 5.89. The third-order valence-electron chi connectivity index (χ3n) is 4.07. The van der Waals surface area contributed by atoms with Crippen LogP contribution >= 0.6 is 0 Å². The zero-order valence-electron chi connectivity index (χ0n) is 14.3. The Hall–Kier alpha value is -2.25. The molecule has 1 aromatic heterocycles. The molecule has 1 fully saturated rings. The minimum absolute atomic E-state index is 0.0421. The van der Waals surface area contributed by atoms with E-state index in [2.05, 4.69) is 45.9 Å². The summed E-state index contributed by atoms with van der Waals surface area (Å²) in [7, 11) is 0. The summed E-state index contributed by atoms with van der Waals surface area (Å²) in [6.07, 6.45) is 0.384. The van der Waals surface area contributed by atoms with E-state index in [1.807, 2.05) is 30.3 Å². The van der Waals surface area contributed by atoms with E-state index in [1.165, 1.54) is 0 Å². The van der Waals surface area contributed by atoms with Gasteiger partial charge in [-0.1, -0.05) is 18.2 Å². The highest BCUT2D eigenvalue weighted by molar-refractivity contribution is 5.53. The standard InChI is InChI=1S/C17H24N6O/c1-11-9-23(10-12(2)24-11)13(3)15-20-16(18)22-17(21-15)19-14-7-5-4-6-8-14/h4-8,11-13H,9-10H2,1-3H3,(H3,18,19,20,21,22). The second kappa shape index (κ2) is 7.11. The number of nitrogen functional groups attached to an aromatic ring is 1. The molecule has 2 heterocycles. The van der Waals surface area contributed by atoms with Gasteiger partial charge in [-0.3, -0.25) is 4.90 Å². The fourth-order valence-corrected chi connectivity index (χ4v) is 3.00. The molecule has 0 aliphatic carbocycles. The molecule has 0 radical (unpaired) electrons. The monoisotopic (exact) mass is 328 g/mol. The number of hydrogen-bond acceptors (Lipinski definition) is 7. The molecule has 3 N–H and O–H groups in total. The molecule has 7 heteroatoms. The third kappa shape index (κ3) is 3.98. The number of rotatable bonds is 4. The zero-order chi connectivity index (χ0) is 17.1. The van der Waals surface area contributed by atoms with E-state index in [0.717, 1.165) is 18.8 Å².